The highest BCUT2D eigenvalue weighted by molar-refractivity contribution is 5.68. The number of rotatable bonds is 1. The largest absolute Gasteiger partial charge is 0.418 e. The van der Waals surface area contributed by atoms with E-state index >= 15 is 0 Å². The van der Waals surface area contributed by atoms with E-state index in [0.717, 1.165) is 0 Å². The van der Waals surface area contributed by atoms with Crippen LogP contribution in [0.3, 0.4) is 0 Å². The van der Waals surface area contributed by atoms with Crippen molar-refractivity contribution in [3.63, 3.8) is 0 Å². The topological polar surface area (TPSA) is 61.3 Å². The molecular formula is C11H13F3N2O. The lowest BCUT2D eigenvalue weighted by Crippen LogP contribution is -2.27. The molecule has 0 bridgehead atoms. The molecule has 1 heterocycles. The van der Waals surface area contributed by atoms with Crippen LogP contribution in [0.5, 0.6) is 0 Å². The lowest BCUT2D eigenvalue weighted by molar-refractivity contribution is -0.137. The van der Waals surface area contributed by atoms with Crippen LogP contribution in [0.4, 0.5) is 24.5 Å². The van der Waals surface area contributed by atoms with Gasteiger partial charge in [0.2, 0.25) is 0 Å². The van der Waals surface area contributed by atoms with Gasteiger partial charge in [-0.1, -0.05) is 0 Å². The number of ether oxygens (including phenoxy) is 1. The average molecular weight is 246 g/mol. The van der Waals surface area contributed by atoms with Crippen molar-refractivity contribution in [1.29, 1.82) is 0 Å². The fraction of sp³-hybridized carbons (Fsp3) is 0.455. The van der Waals surface area contributed by atoms with Crippen LogP contribution in [0.15, 0.2) is 6.07 Å². The normalized spacial score (nSPS) is 16.9. The third-order valence-corrected chi connectivity index (χ3v) is 3.05. The molecule has 0 aliphatic carbocycles. The molecule has 6 heteroatoms. The molecule has 94 valence electrons. The summed E-state index contributed by atoms with van der Waals surface area (Å²) in [6.45, 7) is 2.31. The van der Waals surface area contributed by atoms with Crippen LogP contribution in [0.2, 0.25) is 0 Å². The molecule has 1 aliphatic heterocycles. The summed E-state index contributed by atoms with van der Waals surface area (Å²) in [6, 6.07) is 1.32. The first-order valence-corrected chi connectivity index (χ1v) is 5.15. The molecule has 17 heavy (non-hydrogen) atoms. The van der Waals surface area contributed by atoms with Crippen LogP contribution in [-0.4, -0.2) is 13.2 Å². The van der Waals surface area contributed by atoms with E-state index in [2.05, 4.69) is 0 Å². The number of nitrogen functional groups attached to an aromatic ring is 2. The minimum atomic E-state index is -4.48. The Morgan fingerprint density at radius 1 is 1.29 bits per heavy atom. The van der Waals surface area contributed by atoms with Gasteiger partial charge >= 0.3 is 6.18 Å². The summed E-state index contributed by atoms with van der Waals surface area (Å²) in [5, 5.41) is 0. The zero-order chi connectivity index (χ0) is 12.8. The predicted octanol–water partition coefficient (Wildman–Crippen LogP) is 2.29. The summed E-state index contributed by atoms with van der Waals surface area (Å²) in [4.78, 5) is 0. The zero-order valence-electron chi connectivity index (χ0n) is 9.27. The van der Waals surface area contributed by atoms with Crippen LogP contribution in [0.25, 0.3) is 0 Å². The molecule has 0 spiro atoms. The van der Waals surface area contributed by atoms with Gasteiger partial charge in [0.1, 0.15) is 0 Å². The van der Waals surface area contributed by atoms with Gasteiger partial charge in [-0.3, -0.25) is 0 Å². The first kappa shape index (κ1) is 12.0. The third-order valence-electron chi connectivity index (χ3n) is 3.05. The van der Waals surface area contributed by atoms with E-state index < -0.39 is 11.7 Å². The molecule has 0 saturated carbocycles. The van der Waals surface area contributed by atoms with Crippen molar-refractivity contribution < 1.29 is 17.9 Å². The van der Waals surface area contributed by atoms with Gasteiger partial charge in [0.25, 0.3) is 0 Å². The summed E-state index contributed by atoms with van der Waals surface area (Å²) in [6.07, 6.45) is -4.48. The summed E-state index contributed by atoms with van der Waals surface area (Å²) in [5.74, 6) is 0.0540. The molecule has 0 atom stereocenters. The Kier molecular flexibility index (Phi) is 2.69. The molecule has 1 fully saturated rings. The summed E-state index contributed by atoms with van der Waals surface area (Å²) < 4.78 is 43.3. The Balaban J connectivity index is 2.55. The highest BCUT2D eigenvalue weighted by Gasteiger charge is 2.37. The molecule has 0 unspecified atom stereocenters. The molecule has 0 aromatic heterocycles. The lowest BCUT2D eigenvalue weighted by atomic mass is 9.90. The van der Waals surface area contributed by atoms with Gasteiger partial charge in [-0.25, -0.2) is 0 Å². The van der Waals surface area contributed by atoms with E-state index in [0.29, 0.717) is 18.8 Å². The second-order valence-corrected chi connectivity index (χ2v) is 4.20. The molecule has 3 nitrogen and oxygen atoms in total. The van der Waals surface area contributed by atoms with Crippen molar-refractivity contribution in [2.24, 2.45) is 0 Å². The Hall–Kier alpha value is -1.43. The van der Waals surface area contributed by atoms with Crippen LogP contribution in [0.1, 0.15) is 22.6 Å². The monoisotopic (exact) mass is 246 g/mol. The Morgan fingerprint density at radius 2 is 1.88 bits per heavy atom. The Bertz CT molecular complexity index is 453. The summed E-state index contributed by atoms with van der Waals surface area (Å²) >= 11 is 0. The van der Waals surface area contributed by atoms with Gasteiger partial charge in [-0.2, -0.15) is 13.2 Å². The number of halogens is 3. The zero-order valence-corrected chi connectivity index (χ0v) is 9.27. The van der Waals surface area contributed by atoms with E-state index in [1.165, 1.54) is 13.0 Å². The van der Waals surface area contributed by atoms with Crippen molar-refractivity contribution in [3.8, 4) is 0 Å². The first-order valence-electron chi connectivity index (χ1n) is 5.15. The van der Waals surface area contributed by atoms with Gasteiger partial charge in [0.15, 0.2) is 0 Å². The second-order valence-electron chi connectivity index (χ2n) is 4.20. The smallest absolute Gasteiger partial charge is 0.398 e. The van der Waals surface area contributed by atoms with Gasteiger partial charge in [0.05, 0.1) is 18.8 Å². The maximum absolute atomic E-state index is 12.8. The lowest BCUT2D eigenvalue weighted by Gasteiger charge is -2.29. The maximum atomic E-state index is 12.8. The number of hydrogen-bond acceptors (Lipinski definition) is 3. The standard InChI is InChI=1S/C11H13F3N2O/c1-5-9(11(12,13)14)8(15)2-7(10(5)16)6-3-17-4-6/h2,6H,3-4,15-16H2,1H3. The van der Waals surface area contributed by atoms with Crippen molar-refractivity contribution in [2.45, 2.75) is 19.0 Å². The SMILES string of the molecule is Cc1c(N)c(C2COC2)cc(N)c1C(F)(F)F. The summed E-state index contributed by atoms with van der Waals surface area (Å²) in [7, 11) is 0. The van der Waals surface area contributed by atoms with Crippen LogP contribution >= 0.6 is 0 Å². The van der Waals surface area contributed by atoms with Crippen molar-refractivity contribution in [3.05, 3.63) is 22.8 Å². The van der Waals surface area contributed by atoms with Gasteiger partial charge < -0.3 is 16.2 Å². The van der Waals surface area contributed by atoms with E-state index in [1.807, 2.05) is 0 Å². The van der Waals surface area contributed by atoms with Crippen molar-refractivity contribution in [1.82, 2.24) is 0 Å². The number of nitrogens with two attached hydrogens (primary N) is 2. The molecular weight excluding hydrogens is 233 g/mol. The highest BCUT2D eigenvalue weighted by atomic mass is 19.4. The number of benzene rings is 1. The van der Waals surface area contributed by atoms with E-state index in [1.54, 1.807) is 0 Å². The number of alkyl halides is 3. The molecule has 4 N–H and O–H groups in total. The van der Waals surface area contributed by atoms with Gasteiger partial charge in [-0.05, 0) is 24.1 Å². The minimum absolute atomic E-state index is 0.000556. The molecule has 0 radical (unpaired) electrons. The quantitative estimate of drug-likeness (QED) is 0.747. The molecule has 1 aromatic rings. The summed E-state index contributed by atoms with van der Waals surface area (Å²) in [5.41, 5.74) is 10.9. The Morgan fingerprint density at radius 3 is 2.29 bits per heavy atom. The predicted molar refractivity (Wildman–Crippen MR) is 58.6 cm³/mol. The van der Waals surface area contributed by atoms with Gasteiger partial charge in [0, 0.05) is 17.3 Å². The van der Waals surface area contributed by atoms with E-state index in [9.17, 15) is 13.2 Å². The van der Waals surface area contributed by atoms with E-state index in [4.69, 9.17) is 16.2 Å². The fourth-order valence-electron chi connectivity index (χ4n) is 2.01. The average Bonchev–Trinajstić information content (AvgIpc) is 2.08. The first-order chi connectivity index (χ1) is 7.82. The molecule has 1 saturated heterocycles. The van der Waals surface area contributed by atoms with Crippen molar-refractivity contribution in [2.75, 3.05) is 24.7 Å². The van der Waals surface area contributed by atoms with Crippen LogP contribution < -0.4 is 11.5 Å². The molecule has 0 amide bonds. The highest BCUT2D eigenvalue weighted by Crippen LogP contribution is 2.42. The molecule has 2 rings (SSSR count). The van der Waals surface area contributed by atoms with Gasteiger partial charge in [-0.15, -0.1) is 0 Å². The maximum Gasteiger partial charge on any atom is 0.418 e. The van der Waals surface area contributed by atoms with Crippen molar-refractivity contribution >= 4 is 11.4 Å². The molecule has 1 aliphatic rings. The van der Waals surface area contributed by atoms with E-state index in [-0.39, 0.29) is 22.9 Å². The fourth-order valence-corrected chi connectivity index (χ4v) is 2.01. The third kappa shape index (κ3) is 1.93. The number of anilines is 2. The van der Waals surface area contributed by atoms with Crippen LogP contribution in [-0.2, 0) is 10.9 Å². The second kappa shape index (κ2) is 3.80. The minimum Gasteiger partial charge on any atom is -0.398 e. The number of hydrogen-bond donors (Lipinski definition) is 2. The Labute approximate surface area is 96.5 Å². The molecule has 1 aromatic carbocycles. The van der Waals surface area contributed by atoms with Crippen LogP contribution in [0, 0.1) is 6.92 Å².